The Morgan fingerprint density at radius 1 is 1.36 bits per heavy atom. The second-order valence-electron chi connectivity index (χ2n) is 2.37. The molecule has 0 heterocycles. The molecule has 1 amide bonds. The van der Waals surface area contributed by atoms with Gasteiger partial charge in [-0.2, -0.15) is 0 Å². The molecule has 8 heteroatoms. The van der Waals surface area contributed by atoms with Crippen molar-refractivity contribution in [2.24, 2.45) is 0 Å². The summed E-state index contributed by atoms with van der Waals surface area (Å²) >= 11 is 10.3. The zero-order chi connectivity index (χ0) is 10.6. The standard InChI is InChI=1S/C6H9Cl2NO4.Na/c1-2(10)3(6(12)13)9-5(11)4(7)8;/h2-4,10H,1H3,(H,9,11)(H,12,13);/q;+1. The molecule has 3 N–H and O–H groups in total. The van der Waals surface area contributed by atoms with Gasteiger partial charge in [0.05, 0.1) is 6.10 Å². The molecule has 0 aromatic rings. The third kappa shape index (κ3) is 6.06. The van der Waals surface area contributed by atoms with E-state index in [0.29, 0.717) is 0 Å². The number of carbonyl (C=O) groups excluding carboxylic acids is 1. The van der Waals surface area contributed by atoms with Crippen molar-refractivity contribution in [1.29, 1.82) is 0 Å². The molecule has 2 unspecified atom stereocenters. The molecule has 0 radical (unpaired) electrons. The number of alkyl halides is 2. The van der Waals surface area contributed by atoms with Crippen LogP contribution in [0.15, 0.2) is 0 Å². The average Bonchev–Trinajstić information content (AvgIpc) is 1.97. The fourth-order valence-corrected chi connectivity index (χ4v) is 0.731. The summed E-state index contributed by atoms with van der Waals surface area (Å²) in [6, 6.07) is -1.40. The number of aliphatic carboxylic acids is 1. The predicted octanol–water partition coefficient (Wildman–Crippen LogP) is -3.26. The van der Waals surface area contributed by atoms with Crippen molar-refractivity contribution in [3.63, 3.8) is 0 Å². The summed E-state index contributed by atoms with van der Waals surface area (Å²) in [4.78, 5) is 19.9. The summed E-state index contributed by atoms with van der Waals surface area (Å²) in [5.41, 5.74) is 0. The molecule has 0 saturated carbocycles. The van der Waals surface area contributed by atoms with Gasteiger partial charge in [0.25, 0.3) is 5.91 Å². The Morgan fingerprint density at radius 3 is 2.00 bits per heavy atom. The van der Waals surface area contributed by atoms with Crippen LogP contribution in [0, 0.1) is 0 Å². The topological polar surface area (TPSA) is 86.6 Å². The first-order valence-corrected chi connectivity index (χ1v) is 4.23. The van der Waals surface area contributed by atoms with Crippen LogP contribution in [-0.2, 0) is 9.59 Å². The number of hydrogen-bond donors (Lipinski definition) is 3. The number of carboxylic acid groups (broad SMARTS) is 1. The summed E-state index contributed by atoms with van der Waals surface area (Å²) in [5, 5.41) is 19.4. The number of carboxylic acids is 1. The van der Waals surface area contributed by atoms with Gasteiger partial charge in [-0.05, 0) is 6.92 Å². The van der Waals surface area contributed by atoms with E-state index >= 15 is 0 Å². The van der Waals surface area contributed by atoms with Crippen LogP contribution in [0.1, 0.15) is 6.92 Å². The van der Waals surface area contributed by atoms with Gasteiger partial charge in [-0.1, -0.05) is 23.2 Å². The number of carbonyl (C=O) groups is 2. The van der Waals surface area contributed by atoms with Gasteiger partial charge < -0.3 is 15.5 Å². The van der Waals surface area contributed by atoms with Crippen molar-refractivity contribution in [2.75, 3.05) is 0 Å². The van der Waals surface area contributed by atoms with Crippen LogP contribution < -0.4 is 34.9 Å². The van der Waals surface area contributed by atoms with Gasteiger partial charge in [-0.15, -0.1) is 0 Å². The van der Waals surface area contributed by atoms with Crippen molar-refractivity contribution in [3.8, 4) is 0 Å². The van der Waals surface area contributed by atoms with Gasteiger partial charge in [0.15, 0.2) is 10.9 Å². The fourth-order valence-electron chi connectivity index (χ4n) is 0.605. The second kappa shape index (κ2) is 7.73. The molecule has 0 aliphatic heterocycles. The fraction of sp³-hybridized carbons (Fsp3) is 0.667. The summed E-state index contributed by atoms with van der Waals surface area (Å²) < 4.78 is 0. The molecule has 0 fully saturated rings. The van der Waals surface area contributed by atoms with Crippen molar-refractivity contribution in [2.45, 2.75) is 23.9 Å². The normalized spacial score (nSPS) is 14.1. The number of aliphatic hydroxyl groups is 1. The van der Waals surface area contributed by atoms with Crippen LogP contribution in [0.25, 0.3) is 0 Å². The first-order valence-electron chi connectivity index (χ1n) is 3.35. The third-order valence-corrected chi connectivity index (χ3v) is 1.64. The average molecular weight is 253 g/mol. The van der Waals surface area contributed by atoms with E-state index < -0.39 is 28.9 Å². The molecule has 0 bridgehead atoms. The number of amides is 1. The van der Waals surface area contributed by atoms with E-state index in [1.54, 1.807) is 0 Å². The Labute approximate surface area is 113 Å². The van der Waals surface area contributed by atoms with E-state index in [2.05, 4.69) is 0 Å². The molecule has 76 valence electrons. The molecule has 0 aromatic heterocycles. The van der Waals surface area contributed by atoms with E-state index in [-0.39, 0.29) is 29.6 Å². The molecule has 2 atom stereocenters. The van der Waals surface area contributed by atoms with E-state index in [0.717, 1.165) is 0 Å². The van der Waals surface area contributed by atoms with Gasteiger partial charge in [0, 0.05) is 0 Å². The maximum Gasteiger partial charge on any atom is 1.00 e. The number of halogens is 2. The van der Waals surface area contributed by atoms with Gasteiger partial charge in [-0.3, -0.25) is 4.79 Å². The quantitative estimate of drug-likeness (QED) is 0.362. The maximum atomic E-state index is 10.8. The minimum atomic E-state index is -1.40. The molecule has 14 heavy (non-hydrogen) atoms. The van der Waals surface area contributed by atoms with Crippen LogP contribution in [0.4, 0.5) is 0 Å². The number of rotatable bonds is 4. The second-order valence-corrected chi connectivity index (χ2v) is 3.46. The minimum Gasteiger partial charge on any atom is -0.480 e. The van der Waals surface area contributed by atoms with Crippen molar-refractivity contribution in [1.82, 2.24) is 5.32 Å². The Hall–Kier alpha value is 0.480. The molecule has 0 saturated heterocycles. The maximum absolute atomic E-state index is 10.8. The van der Waals surface area contributed by atoms with E-state index in [4.69, 9.17) is 33.4 Å². The molecular weight excluding hydrogens is 244 g/mol. The number of hydrogen-bond acceptors (Lipinski definition) is 3. The first kappa shape index (κ1) is 16.9. The molecule has 0 aromatic carbocycles. The van der Waals surface area contributed by atoms with E-state index in [9.17, 15) is 9.59 Å². The summed E-state index contributed by atoms with van der Waals surface area (Å²) in [6.45, 7) is 1.23. The molecule has 0 aliphatic rings. The van der Waals surface area contributed by atoms with Crippen molar-refractivity contribution >= 4 is 35.1 Å². The molecule has 5 nitrogen and oxygen atoms in total. The van der Waals surface area contributed by atoms with E-state index in [1.807, 2.05) is 5.32 Å². The van der Waals surface area contributed by atoms with Crippen LogP contribution in [0.3, 0.4) is 0 Å². The van der Waals surface area contributed by atoms with Crippen LogP contribution in [0.2, 0.25) is 0 Å². The zero-order valence-electron chi connectivity index (χ0n) is 7.70. The SMILES string of the molecule is CC(O)C(NC(=O)C(Cl)Cl)C(=O)O.[Na+]. The van der Waals surface area contributed by atoms with Crippen LogP contribution in [-0.4, -0.2) is 39.1 Å². The number of aliphatic hydroxyl groups excluding tert-OH is 1. The Bertz CT molecular complexity index is 212. The Morgan fingerprint density at radius 2 is 1.79 bits per heavy atom. The first-order chi connectivity index (χ1) is 5.86. The predicted molar refractivity (Wildman–Crippen MR) is 46.7 cm³/mol. The smallest absolute Gasteiger partial charge is 0.480 e. The monoisotopic (exact) mass is 252 g/mol. The summed E-state index contributed by atoms with van der Waals surface area (Å²) in [7, 11) is 0. The largest absolute Gasteiger partial charge is 1.00 e. The van der Waals surface area contributed by atoms with Crippen LogP contribution >= 0.6 is 23.2 Å². The van der Waals surface area contributed by atoms with E-state index in [1.165, 1.54) is 6.92 Å². The summed E-state index contributed by atoms with van der Waals surface area (Å²) in [6.07, 6.45) is -1.21. The molecule has 0 aliphatic carbocycles. The minimum absolute atomic E-state index is 0. The zero-order valence-corrected chi connectivity index (χ0v) is 11.2. The van der Waals surface area contributed by atoms with Crippen molar-refractivity contribution < 1.29 is 49.4 Å². The summed E-state index contributed by atoms with van der Waals surface area (Å²) in [5.74, 6) is -2.20. The van der Waals surface area contributed by atoms with Gasteiger partial charge in [0.2, 0.25) is 0 Å². The third-order valence-electron chi connectivity index (χ3n) is 1.24. The van der Waals surface area contributed by atoms with Gasteiger partial charge >= 0.3 is 35.5 Å². The molecule has 0 spiro atoms. The van der Waals surface area contributed by atoms with Crippen LogP contribution in [0.5, 0.6) is 0 Å². The Kier molecular flexibility index (Phi) is 9.33. The molecular formula is C6H9Cl2NNaO4+. The van der Waals surface area contributed by atoms with Gasteiger partial charge in [-0.25, -0.2) is 4.79 Å². The Balaban J connectivity index is 0. The van der Waals surface area contributed by atoms with Crippen molar-refractivity contribution in [3.05, 3.63) is 0 Å². The molecule has 0 rings (SSSR count). The van der Waals surface area contributed by atoms with Gasteiger partial charge in [0.1, 0.15) is 0 Å². The number of nitrogens with one attached hydrogen (secondary N) is 1.